The van der Waals surface area contributed by atoms with Gasteiger partial charge >= 0.3 is 23.9 Å². The summed E-state index contributed by atoms with van der Waals surface area (Å²) >= 11 is 0. The standard InChI is InChI=1S/C38H38O10/c1-3-35(39)45-27-7-5-25-43-31-15-9-29(10-16-31)13-23-37(41)47-33-19-21-34(22-20-33)48-38(42)24-14-30-11-17-32(18-12-30)44-26-6-8-28-46-36(40)4-2/h3-4,9-24H,1-2,5-8,25-28H2/b23-13+,24-14+. The Balaban J connectivity index is 1.33. The number of benzene rings is 3. The second-order valence-corrected chi connectivity index (χ2v) is 9.97. The molecule has 0 radical (unpaired) electrons. The van der Waals surface area contributed by atoms with E-state index in [-0.39, 0.29) is 0 Å². The van der Waals surface area contributed by atoms with Crippen molar-refractivity contribution >= 4 is 36.0 Å². The molecule has 0 amide bonds. The third-order valence-electron chi connectivity index (χ3n) is 6.28. The SMILES string of the molecule is C=CC(=O)OCCCCOc1ccc(/C=C/C(=O)Oc2ccc(OC(=O)/C=C/c3ccc(OCCCCOC(=O)C=C)cc3)cc2)cc1. The Morgan fingerprint density at radius 1 is 0.458 bits per heavy atom. The zero-order valence-corrected chi connectivity index (χ0v) is 26.5. The molecule has 3 rings (SSSR count). The number of carbonyl (C=O) groups excluding carboxylic acids is 4. The van der Waals surface area contributed by atoms with Crippen molar-refractivity contribution in [3.05, 3.63) is 121 Å². The second-order valence-electron chi connectivity index (χ2n) is 9.97. The molecule has 0 atom stereocenters. The van der Waals surface area contributed by atoms with Gasteiger partial charge in [0.15, 0.2) is 0 Å². The monoisotopic (exact) mass is 654 g/mol. The highest BCUT2D eigenvalue weighted by atomic mass is 16.5. The quantitative estimate of drug-likeness (QED) is 0.0563. The topological polar surface area (TPSA) is 124 Å². The summed E-state index contributed by atoms with van der Waals surface area (Å²) in [6.45, 7) is 8.29. The number of esters is 4. The number of carbonyl (C=O) groups is 4. The first-order valence-electron chi connectivity index (χ1n) is 15.3. The minimum atomic E-state index is -0.567. The van der Waals surface area contributed by atoms with E-state index in [4.69, 9.17) is 28.4 Å². The molecule has 0 unspecified atom stereocenters. The molecule has 0 saturated carbocycles. The van der Waals surface area contributed by atoms with Gasteiger partial charge in [0.05, 0.1) is 26.4 Å². The van der Waals surface area contributed by atoms with E-state index in [0.717, 1.165) is 36.1 Å². The molecule has 0 aliphatic carbocycles. The predicted octanol–water partition coefficient (Wildman–Crippen LogP) is 6.70. The van der Waals surface area contributed by atoms with Crippen LogP contribution in [0.3, 0.4) is 0 Å². The van der Waals surface area contributed by atoms with Crippen LogP contribution in [0.4, 0.5) is 0 Å². The summed E-state index contributed by atoms with van der Waals surface area (Å²) in [7, 11) is 0. The van der Waals surface area contributed by atoms with Gasteiger partial charge in [-0.2, -0.15) is 0 Å². The van der Waals surface area contributed by atoms with E-state index in [1.807, 2.05) is 24.3 Å². The number of ether oxygens (including phenoxy) is 6. The zero-order chi connectivity index (χ0) is 34.4. The predicted molar refractivity (Wildman–Crippen MR) is 180 cm³/mol. The summed E-state index contributed by atoms with van der Waals surface area (Å²) in [6, 6.07) is 20.5. The van der Waals surface area contributed by atoms with Gasteiger partial charge < -0.3 is 28.4 Å². The molecule has 3 aromatic rings. The smallest absolute Gasteiger partial charge is 0.336 e. The first-order valence-corrected chi connectivity index (χ1v) is 15.3. The summed E-state index contributed by atoms with van der Waals surface area (Å²) < 4.78 is 31.8. The Morgan fingerprint density at radius 2 is 0.792 bits per heavy atom. The maximum absolute atomic E-state index is 12.3. The van der Waals surface area contributed by atoms with Crippen molar-refractivity contribution in [2.24, 2.45) is 0 Å². The molecule has 48 heavy (non-hydrogen) atoms. The van der Waals surface area contributed by atoms with Gasteiger partial charge in [0.2, 0.25) is 0 Å². The summed E-state index contributed by atoms with van der Waals surface area (Å²) in [5.41, 5.74) is 1.57. The molecule has 0 saturated heterocycles. The number of hydrogen-bond donors (Lipinski definition) is 0. The highest BCUT2D eigenvalue weighted by Gasteiger charge is 2.05. The number of unbranched alkanes of at least 4 members (excludes halogenated alkanes) is 2. The summed E-state index contributed by atoms with van der Waals surface area (Å²) in [4.78, 5) is 46.6. The largest absolute Gasteiger partial charge is 0.494 e. The third kappa shape index (κ3) is 14.9. The average Bonchev–Trinajstić information content (AvgIpc) is 3.11. The minimum absolute atomic E-state index is 0.293. The van der Waals surface area contributed by atoms with Crippen molar-refractivity contribution in [2.75, 3.05) is 26.4 Å². The van der Waals surface area contributed by atoms with Gasteiger partial charge in [-0.05, 0) is 97.5 Å². The molecule has 0 aromatic heterocycles. The van der Waals surface area contributed by atoms with E-state index in [1.165, 1.54) is 36.4 Å². The van der Waals surface area contributed by atoms with Crippen LogP contribution in [0.5, 0.6) is 23.0 Å². The van der Waals surface area contributed by atoms with E-state index >= 15 is 0 Å². The fourth-order valence-electron chi connectivity index (χ4n) is 3.81. The lowest BCUT2D eigenvalue weighted by Gasteiger charge is -2.07. The van der Waals surface area contributed by atoms with Gasteiger partial charge in [0.1, 0.15) is 23.0 Å². The first-order chi connectivity index (χ1) is 23.3. The molecule has 0 bridgehead atoms. The van der Waals surface area contributed by atoms with Crippen LogP contribution >= 0.6 is 0 Å². The molecule has 10 nitrogen and oxygen atoms in total. The Morgan fingerprint density at radius 3 is 1.15 bits per heavy atom. The van der Waals surface area contributed by atoms with Gasteiger partial charge in [0, 0.05) is 24.3 Å². The molecular weight excluding hydrogens is 616 g/mol. The summed E-state index contributed by atoms with van der Waals surface area (Å²) in [5.74, 6) is -0.0518. The molecular formula is C38H38O10. The molecule has 0 heterocycles. The number of hydrogen-bond acceptors (Lipinski definition) is 10. The summed E-state index contributed by atoms with van der Waals surface area (Å²) in [5, 5.41) is 0. The number of rotatable bonds is 20. The lowest BCUT2D eigenvalue weighted by molar-refractivity contribution is -0.138. The maximum Gasteiger partial charge on any atom is 0.336 e. The average molecular weight is 655 g/mol. The van der Waals surface area contributed by atoms with Crippen molar-refractivity contribution in [1.29, 1.82) is 0 Å². The highest BCUT2D eigenvalue weighted by molar-refractivity contribution is 5.89. The Kier molecular flexibility index (Phi) is 16.0. The van der Waals surface area contributed by atoms with Crippen LogP contribution in [-0.2, 0) is 28.7 Å². The molecule has 0 aliphatic heterocycles. The molecule has 0 aliphatic rings. The van der Waals surface area contributed by atoms with E-state index in [1.54, 1.807) is 36.4 Å². The van der Waals surface area contributed by atoms with Crippen LogP contribution < -0.4 is 18.9 Å². The van der Waals surface area contributed by atoms with Gasteiger partial charge in [0.25, 0.3) is 0 Å². The molecule has 10 heteroatoms. The van der Waals surface area contributed by atoms with Gasteiger partial charge in [-0.15, -0.1) is 0 Å². The van der Waals surface area contributed by atoms with Gasteiger partial charge in [-0.1, -0.05) is 37.4 Å². The maximum atomic E-state index is 12.3. The van der Waals surface area contributed by atoms with Crippen LogP contribution in [0.25, 0.3) is 12.2 Å². The first kappa shape index (κ1) is 36.6. The zero-order valence-electron chi connectivity index (χ0n) is 26.5. The Hall–Kier alpha value is -5.90. The Labute approximate surface area is 279 Å². The molecule has 0 spiro atoms. The minimum Gasteiger partial charge on any atom is -0.494 e. The highest BCUT2D eigenvalue weighted by Crippen LogP contribution is 2.19. The fraction of sp³-hybridized carbons (Fsp3) is 0.211. The van der Waals surface area contributed by atoms with E-state index < -0.39 is 23.9 Å². The van der Waals surface area contributed by atoms with Gasteiger partial charge in [-0.3, -0.25) is 0 Å². The van der Waals surface area contributed by atoms with E-state index in [2.05, 4.69) is 13.2 Å². The third-order valence-corrected chi connectivity index (χ3v) is 6.28. The van der Waals surface area contributed by atoms with Crippen molar-refractivity contribution in [3.63, 3.8) is 0 Å². The molecule has 0 N–H and O–H groups in total. The lowest BCUT2D eigenvalue weighted by Crippen LogP contribution is -2.05. The van der Waals surface area contributed by atoms with Crippen molar-refractivity contribution in [2.45, 2.75) is 25.7 Å². The van der Waals surface area contributed by atoms with Crippen LogP contribution in [0.2, 0.25) is 0 Å². The fourth-order valence-corrected chi connectivity index (χ4v) is 3.81. The van der Waals surface area contributed by atoms with E-state index in [0.29, 0.717) is 62.3 Å². The van der Waals surface area contributed by atoms with Crippen molar-refractivity contribution < 1.29 is 47.6 Å². The van der Waals surface area contributed by atoms with Crippen LogP contribution in [0, 0.1) is 0 Å². The summed E-state index contributed by atoms with van der Waals surface area (Å²) in [6.07, 6.45) is 11.0. The van der Waals surface area contributed by atoms with Crippen LogP contribution in [0.1, 0.15) is 36.8 Å². The lowest BCUT2D eigenvalue weighted by atomic mass is 10.2. The van der Waals surface area contributed by atoms with Crippen molar-refractivity contribution in [1.82, 2.24) is 0 Å². The molecule has 250 valence electrons. The van der Waals surface area contributed by atoms with Crippen molar-refractivity contribution in [3.8, 4) is 23.0 Å². The Bertz CT molecular complexity index is 1430. The van der Waals surface area contributed by atoms with Crippen LogP contribution in [-0.4, -0.2) is 50.3 Å². The molecule has 0 fully saturated rings. The normalized spacial score (nSPS) is 10.7. The second kappa shape index (κ2) is 21.0. The van der Waals surface area contributed by atoms with E-state index in [9.17, 15) is 19.2 Å². The van der Waals surface area contributed by atoms with Crippen LogP contribution in [0.15, 0.2) is 110 Å². The molecule has 3 aromatic carbocycles. The van der Waals surface area contributed by atoms with Gasteiger partial charge in [-0.25, -0.2) is 19.2 Å².